The summed E-state index contributed by atoms with van der Waals surface area (Å²) < 4.78 is 28.2. The maximum Gasteiger partial charge on any atom is 0.408 e. The molecule has 0 aromatic rings. The molecular weight excluding hydrogens is 436 g/mol. The lowest BCUT2D eigenvalue weighted by atomic mass is 9.83. The minimum Gasteiger partial charge on any atom is -0.467 e. The number of hydrogen-bond donors (Lipinski definition) is 1. The first-order chi connectivity index (χ1) is 15.3. The lowest BCUT2D eigenvalue weighted by Gasteiger charge is -2.44. The van der Waals surface area contributed by atoms with Crippen molar-refractivity contribution in [2.75, 3.05) is 13.7 Å². The Balaban J connectivity index is 2.48. The predicted octanol–water partition coefficient (Wildman–Crippen LogP) is 2.56. The summed E-state index contributed by atoms with van der Waals surface area (Å²) in [7, 11) is 1.18. The summed E-state index contributed by atoms with van der Waals surface area (Å²) in [6.45, 7) is 11.9. The molecule has 0 bridgehead atoms. The smallest absolute Gasteiger partial charge is 0.408 e. The zero-order chi connectivity index (χ0) is 25.0. The van der Waals surface area contributed by atoms with Crippen molar-refractivity contribution in [1.82, 2.24) is 5.32 Å². The number of Topliss-reactive ketones (excluding diaryl/α,β-unsaturated/α-hetero) is 1. The van der Waals surface area contributed by atoms with Crippen LogP contribution in [0.5, 0.6) is 0 Å². The number of methoxy groups -OCH3 is 1. The van der Waals surface area contributed by atoms with Crippen LogP contribution in [0.1, 0.15) is 47.5 Å². The van der Waals surface area contributed by atoms with Crippen molar-refractivity contribution in [3.8, 4) is 0 Å². The molecule has 0 aromatic heterocycles. The Labute approximate surface area is 192 Å². The third-order valence-electron chi connectivity index (χ3n) is 5.07. The van der Waals surface area contributed by atoms with E-state index in [1.807, 2.05) is 0 Å². The first-order valence-electron chi connectivity index (χ1n) is 10.5. The van der Waals surface area contributed by atoms with Crippen molar-refractivity contribution < 1.29 is 38.1 Å². The number of ether oxygens (including phenoxy) is 5. The second kappa shape index (κ2) is 10.1. The number of rotatable bonds is 7. The highest BCUT2D eigenvalue weighted by molar-refractivity contribution is 5.95. The normalized spacial score (nSPS) is 31.3. The van der Waals surface area contributed by atoms with Gasteiger partial charge in [-0.1, -0.05) is 11.2 Å². The second-order valence-electron chi connectivity index (χ2n) is 9.38. The minimum absolute atomic E-state index is 0.0148. The van der Waals surface area contributed by atoms with E-state index in [2.05, 4.69) is 21.9 Å². The zero-order valence-electron chi connectivity index (χ0n) is 19.8. The van der Waals surface area contributed by atoms with E-state index >= 15 is 0 Å². The van der Waals surface area contributed by atoms with Gasteiger partial charge in [0.25, 0.3) is 0 Å². The summed E-state index contributed by atoms with van der Waals surface area (Å²) in [6.07, 6.45) is -2.74. The number of carbonyl (C=O) groups excluding carboxylic acids is 3. The molecule has 1 N–H and O–H groups in total. The number of carbonyl (C=O) groups is 3. The van der Waals surface area contributed by atoms with Crippen molar-refractivity contribution in [1.29, 1.82) is 0 Å². The van der Waals surface area contributed by atoms with Crippen LogP contribution >= 0.6 is 0 Å². The number of ketones is 1. The summed E-state index contributed by atoms with van der Waals surface area (Å²) in [6, 6.07) is -1.22. The van der Waals surface area contributed by atoms with Gasteiger partial charge >= 0.3 is 12.1 Å². The van der Waals surface area contributed by atoms with Crippen LogP contribution in [-0.4, -0.2) is 72.8 Å². The van der Waals surface area contributed by atoms with Gasteiger partial charge in [0, 0.05) is 17.8 Å². The van der Waals surface area contributed by atoms with Crippen LogP contribution in [0.2, 0.25) is 0 Å². The van der Waals surface area contributed by atoms with Gasteiger partial charge in [-0.3, -0.25) is 4.79 Å². The maximum atomic E-state index is 13.3. The number of esters is 1. The van der Waals surface area contributed by atoms with Gasteiger partial charge in [0.2, 0.25) is 0 Å². The average molecular weight is 469 g/mol. The second-order valence-corrected chi connectivity index (χ2v) is 9.38. The molecule has 184 valence electrons. The largest absolute Gasteiger partial charge is 0.467 e. The zero-order valence-corrected chi connectivity index (χ0v) is 19.8. The van der Waals surface area contributed by atoms with Crippen LogP contribution in [0, 0.1) is 0 Å². The van der Waals surface area contributed by atoms with Crippen LogP contribution in [-0.2, 0) is 33.3 Å². The molecule has 0 aromatic carbocycles. The Kier molecular flexibility index (Phi) is 8.13. The third-order valence-corrected chi connectivity index (χ3v) is 5.07. The van der Waals surface area contributed by atoms with Crippen LogP contribution in [0.4, 0.5) is 4.79 Å². The molecule has 0 unspecified atom stereocenters. The highest BCUT2D eigenvalue weighted by atomic mass is 16.8. The van der Waals surface area contributed by atoms with Gasteiger partial charge in [-0.2, -0.15) is 0 Å². The number of azide groups is 1. The minimum atomic E-state index is -1.66. The topological polar surface area (TPSA) is 158 Å². The highest BCUT2D eigenvalue weighted by Crippen LogP contribution is 2.39. The van der Waals surface area contributed by atoms with Gasteiger partial charge in [0.15, 0.2) is 17.2 Å². The molecule has 2 heterocycles. The Morgan fingerprint density at radius 3 is 2.52 bits per heavy atom. The Hall–Kier alpha value is -2.66. The molecule has 2 fully saturated rings. The molecule has 5 atom stereocenters. The fourth-order valence-electron chi connectivity index (χ4n) is 3.94. The SMILES string of the molecule is C=CC[C@]1(C(=O)OC)CC(=O)[C@@H](NC(=O)OC(C)(C)C)[C@H]([C@H]2OC(C)(C)O[C@H]2CN=[N+]=[N-])O1. The molecule has 0 radical (unpaired) electrons. The van der Waals surface area contributed by atoms with E-state index in [1.54, 1.807) is 34.6 Å². The van der Waals surface area contributed by atoms with Crippen molar-refractivity contribution in [3.05, 3.63) is 23.1 Å². The summed E-state index contributed by atoms with van der Waals surface area (Å²) in [5, 5.41) is 6.10. The number of amides is 1. The lowest BCUT2D eigenvalue weighted by molar-refractivity contribution is -0.213. The van der Waals surface area contributed by atoms with Crippen LogP contribution in [0.15, 0.2) is 17.8 Å². The third kappa shape index (κ3) is 6.44. The molecule has 2 aliphatic rings. The molecule has 33 heavy (non-hydrogen) atoms. The molecule has 12 nitrogen and oxygen atoms in total. The average Bonchev–Trinajstić information content (AvgIpc) is 3.00. The summed E-state index contributed by atoms with van der Waals surface area (Å²) in [5.74, 6) is -2.35. The van der Waals surface area contributed by atoms with Gasteiger partial charge < -0.3 is 29.0 Å². The Morgan fingerprint density at radius 2 is 1.97 bits per heavy atom. The number of hydrogen-bond acceptors (Lipinski definition) is 9. The van der Waals surface area contributed by atoms with Crippen molar-refractivity contribution >= 4 is 17.8 Å². The van der Waals surface area contributed by atoms with Gasteiger partial charge in [-0.25, -0.2) is 9.59 Å². The molecule has 2 rings (SSSR count). The highest BCUT2D eigenvalue weighted by Gasteiger charge is 2.58. The van der Waals surface area contributed by atoms with Gasteiger partial charge in [0.05, 0.1) is 19.8 Å². The summed E-state index contributed by atoms with van der Waals surface area (Å²) in [4.78, 5) is 41.2. The van der Waals surface area contributed by atoms with Gasteiger partial charge in [-0.15, -0.1) is 6.58 Å². The lowest BCUT2D eigenvalue weighted by Crippen LogP contribution is -2.66. The van der Waals surface area contributed by atoms with Gasteiger partial charge in [0.1, 0.15) is 23.9 Å². The van der Waals surface area contributed by atoms with Crippen molar-refractivity contribution in [2.24, 2.45) is 5.11 Å². The number of alkyl carbamates (subject to hydrolysis) is 1. The molecule has 0 aliphatic carbocycles. The van der Waals surface area contributed by atoms with E-state index in [9.17, 15) is 14.4 Å². The predicted molar refractivity (Wildman–Crippen MR) is 115 cm³/mol. The molecule has 2 saturated heterocycles. The fourth-order valence-corrected chi connectivity index (χ4v) is 3.94. The van der Waals surface area contributed by atoms with E-state index in [4.69, 9.17) is 29.2 Å². The monoisotopic (exact) mass is 468 g/mol. The molecule has 2 aliphatic heterocycles. The quantitative estimate of drug-likeness (QED) is 0.196. The first-order valence-corrected chi connectivity index (χ1v) is 10.5. The Bertz CT molecular complexity index is 833. The standard InChI is InChI=1S/C21H32N4O8/c1-8-9-21(17(27)29-7)10-12(26)14(24-18(28)33-19(2,3)4)16(32-21)15-13(11-23-25-22)30-20(5,6)31-15/h8,13-16H,1,9-11H2,2-7H3,(H,24,28)/t13-,14+,15-,16+,21+/m0/s1. The molecule has 0 saturated carbocycles. The fraction of sp³-hybridized carbons (Fsp3) is 0.762. The van der Waals surface area contributed by atoms with E-state index in [0.717, 1.165) is 0 Å². The van der Waals surface area contributed by atoms with E-state index < -0.39 is 59.2 Å². The molecular formula is C21H32N4O8. The Morgan fingerprint density at radius 1 is 1.30 bits per heavy atom. The van der Waals surface area contributed by atoms with E-state index in [1.165, 1.54) is 13.2 Å². The summed E-state index contributed by atoms with van der Waals surface area (Å²) >= 11 is 0. The van der Waals surface area contributed by atoms with Crippen LogP contribution in [0.25, 0.3) is 10.4 Å². The van der Waals surface area contributed by atoms with Gasteiger partial charge in [-0.05, 0) is 40.1 Å². The number of nitrogens with one attached hydrogen (secondary N) is 1. The van der Waals surface area contributed by atoms with Crippen molar-refractivity contribution in [3.63, 3.8) is 0 Å². The molecule has 12 heteroatoms. The van der Waals surface area contributed by atoms with Crippen molar-refractivity contribution in [2.45, 2.75) is 88.8 Å². The number of nitrogens with zero attached hydrogens (tertiary/aromatic N) is 3. The maximum absolute atomic E-state index is 13.3. The van der Waals surface area contributed by atoms with E-state index in [0.29, 0.717) is 0 Å². The summed E-state index contributed by atoms with van der Waals surface area (Å²) in [5.41, 5.74) is 6.29. The van der Waals surface area contributed by atoms with Crippen LogP contribution in [0.3, 0.4) is 0 Å². The van der Waals surface area contributed by atoms with E-state index in [-0.39, 0.29) is 19.4 Å². The first kappa shape index (κ1) is 26.6. The molecule has 0 spiro atoms. The molecule has 1 amide bonds. The van der Waals surface area contributed by atoms with Crippen LogP contribution < -0.4 is 5.32 Å².